The number of sulfonamides is 1. The molecule has 0 spiro atoms. The number of benzene rings is 2. The molecule has 1 aliphatic rings. The van der Waals surface area contributed by atoms with Gasteiger partial charge in [-0.05, 0) is 28.5 Å². The fourth-order valence-corrected chi connectivity index (χ4v) is 6.06. The van der Waals surface area contributed by atoms with Gasteiger partial charge >= 0.3 is 0 Å². The molecule has 0 bridgehead atoms. The van der Waals surface area contributed by atoms with Crippen molar-refractivity contribution in [3.8, 4) is 17.2 Å². The second-order valence-corrected chi connectivity index (χ2v) is 9.75. The first-order valence-electron chi connectivity index (χ1n) is 9.24. The number of carbonyl (C=O) groups is 1. The van der Waals surface area contributed by atoms with Gasteiger partial charge in [-0.1, -0.05) is 43.8 Å². The highest BCUT2D eigenvalue weighted by Gasteiger charge is 2.45. The Hall–Kier alpha value is -3.12. The molecule has 162 valence electrons. The molecule has 1 aromatic heterocycles. The van der Waals surface area contributed by atoms with E-state index in [1.165, 1.54) is 17.9 Å². The van der Waals surface area contributed by atoms with Gasteiger partial charge in [-0.3, -0.25) is 4.79 Å². The van der Waals surface area contributed by atoms with Crippen molar-refractivity contribution >= 4 is 27.7 Å². The van der Waals surface area contributed by atoms with Crippen molar-refractivity contribution < 1.29 is 23.1 Å². The molecule has 2 heterocycles. The molecule has 1 aliphatic heterocycles. The van der Waals surface area contributed by atoms with Crippen LogP contribution in [0.25, 0.3) is 5.69 Å². The molecule has 0 fully saturated rings. The number of carbonyl (C=O) groups excluding carboxylic acids is 1. The summed E-state index contributed by atoms with van der Waals surface area (Å²) in [4.78, 5) is 12.9. The van der Waals surface area contributed by atoms with Crippen LogP contribution in [-0.4, -0.2) is 56.9 Å². The van der Waals surface area contributed by atoms with E-state index >= 15 is 0 Å². The normalized spacial score (nSPS) is 14.8. The highest BCUT2D eigenvalue weighted by Crippen LogP contribution is 2.45. The molecule has 3 aromatic rings. The fourth-order valence-electron chi connectivity index (χ4n) is 3.38. The van der Waals surface area contributed by atoms with Crippen LogP contribution in [0.2, 0.25) is 0 Å². The molecular formula is C19H19N5O5S2. The van der Waals surface area contributed by atoms with Crippen molar-refractivity contribution in [3.05, 3.63) is 47.5 Å². The standard InChI is InChI=1S/C19H19N5O5S2/c1-11(2)15-16-14(9-13(29-3)17(15)25)31(27,28)23(18(16)26)10-30-19-20-21-22-24(19)12-7-5-4-6-8-12/h4-9,11,25H,10H2,1-3H3. The average molecular weight is 462 g/mol. The van der Waals surface area contributed by atoms with Crippen molar-refractivity contribution in [2.24, 2.45) is 0 Å². The van der Waals surface area contributed by atoms with Gasteiger partial charge in [0, 0.05) is 11.6 Å². The Morgan fingerprint density at radius 3 is 2.58 bits per heavy atom. The summed E-state index contributed by atoms with van der Waals surface area (Å²) in [5, 5.41) is 22.4. The van der Waals surface area contributed by atoms with Crippen LogP contribution in [0.15, 0.2) is 46.5 Å². The first-order chi connectivity index (χ1) is 14.8. The molecule has 2 aromatic carbocycles. The first kappa shape index (κ1) is 21.1. The molecule has 1 amide bonds. The first-order valence-corrected chi connectivity index (χ1v) is 11.7. The number of tetrazole rings is 1. The number of rotatable bonds is 6. The third kappa shape index (κ3) is 3.41. The van der Waals surface area contributed by atoms with E-state index in [0.717, 1.165) is 16.1 Å². The number of aromatic hydroxyl groups is 1. The van der Waals surface area contributed by atoms with Crippen molar-refractivity contribution in [3.63, 3.8) is 0 Å². The quantitative estimate of drug-likeness (QED) is 0.550. The minimum Gasteiger partial charge on any atom is -0.504 e. The van der Waals surface area contributed by atoms with E-state index in [4.69, 9.17) is 4.74 Å². The second-order valence-electron chi connectivity index (χ2n) is 7.01. The maximum absolute atomic E-state index is 13.2. The number of ether oxygens (including phenoxy) is 1. The van der Waals surface area contributed by atoms with E-state index in [0.29, 0.717) is 10.8 Å². The maximum Gasteiger partial charge on any atom is 0.270 e. The van der Waals surface area contributed by atoms with E-state index in [2.05, 4.69) is 15.5 Å². The highest BCUT2D eigenvalue weighted by atomic mass is 32.2. The third-order valence-corrected chi connectivity index (χ3v) is 7.64. The maximum atomic E-state index is 13.2. The van der Waals surface area contributed by atoms with Gasteiger partial charge in [-0.15, -0.1) is 5.10 Å². The molecular weight excluding hydrogens is 442 g/mol. The van der Waals surface area contributed by atoms with Gasteiger partial charge in [-0.2, -0.15) is 4.68 Å². The van der Waals surface area contributed by atoms with E-state index in [-0.39, 0.29) is 39.3 Å². The third-order valence-electron chi connectivity index (χ3n) is 4.82. The lowest BCUT2D eigenvalue weighted by molar-refractivity contribution is 0.0885. The largest absolute Gasteiger partial charge is 0.504 e. The number of hydrogen-bond donors (Lipinski definition) is 1. The van der Waals surface area contributed by atoms with Gasteiger partial charge in [0.2, 0.25) is 5.16 Å². The van der Waals surface area contributed by atoms with E-state index < -0.39 is 15.9 Å². The number of amides is 1. The highest BCUT2D eigenvalue weighted by molar-refractivity contribution is 8.00. The van der Waals surface area contributed by atoms with Crippen LogP contribution in [0.1, 0.15) is 35.7 Å². The summed E-state index contributed by atoms with van der Waals surface area (Å²) in [6.07, 6.45) is 0. The number of thioether (sulfide) groups is 1. The van der Waals surface area contributed by atoms with Gasteiger partial charge < -0.3 is 9.84 Å². The summed E-state index contributed by atoms with van der Waals surface area (Å²) >= 11 is 1.01. The van der Waals surface area contributed by atoms with Crippen LogP contribution in [-0.2, 0) is 10.0 Å². The number of methoxy groups -OCH3 is 1. The summed E-state index contributed by atoms with van der Waals surface area (Å²) < 4.78 is 33.7. The Kier molecular flexibility index (Phi) is 5.35. The molecule has 0 aliphatic carbocycles. The van der Waals surface area contributed by atoms with Crippen LogP contribution in [0.4, 0.5) is 0 Å². The molecule has 1 N–H and O–H groups in total. The number of phenolic OH excluding ortho intramolecular Hbond substituents is 1. The number of fused-ring (bicyclic) bond motifs is 1. The number of para-hydroxylation sites is 1. The molecule has 31 heavy (non-hydrogen) atoms. The van der Waals surface area contributed by atoms with Gasteiger partial charge in [-0.25, -0.2) is 12.7 Å². The van der Waals surface area contributed by atoms with Crippen LogP contribution in [0, 0.1) is 0 Å². The summed E-state index contributed by atoms with van der Waals surface area (Å²) in [5.74, 6) is -1.48. The molecule has 4 rings (SSSR count). The van der Waals surface area contributed by atoms with E-state index in [9.17, 15) is 18.3 Å². The number of phenols is 1. The monoisotopic (exact) mass is 461 g/mol. The van der Waals surface area contributed by atoms with Gasteiger partial charge in [0.05, 0.1) is 24.2 Å². The smallest absolute Gasteiger partial charge is 0.270 e. The number of hydrogen-bond acceptors (Lipinski definition) is 9. The zero-order valence-electron chi connectivity index (χ0n) is 16.9. The zero-order valence-corrected chi connectivity index (χ0v) is 18.5. The Balaban J connectivity index is 1.70. The van der Waals surface area contributed by atoms with Crippen LogP contribution >= 0.6 is 11.8 Å². The lowest BCUT2D eigenvalue weighted by Gasteiger charge is -2.15. The molecule has 10 nitrogen and oxygen atoms in total. The summed E-state index contributed by atoms with van der Waals surface area (Å²) in [5.41, 5.74) is 0.909. The minimum atomic E-state index is -4.14. The second kappa shape index (κ2) is 7.85. The lowest BCUT2D eigenvalue weighted by atomic mass is 9.95. The summed E-state index contributed by atoms with van der Waals surface area (Å²) in [6, 6.07) is 10.3. The average Bonchev–Trinajstić information content (AvgIpc) is 3.28. The Labute approximate surface area is 182 Å². The van der Waals surface area contributed by atoms with Crippen molar-refractivity contribution in [2.45, 2.75) is 29.8 Å². The predicted octanol–water partition coefficient (Wildman–Crippen LogP) is 2.39. The number of nitrogens with zero attached hydrogens (tertiary/aromatic N) is 5. The topological polar surface area (TPSA) is 128 Å². The van der Waals surface area contributed by atoms with Crippen molar-refractivity contribution in [1.82, 2.24) is 24.5 Å². The van der Waals surface area contributed by atoms with E-state index in [1.54, 1.807) is 26.0 Å². The van der Waals surface area contributed by atoms with Gasteiger partial charge in [0.15, 0.2) is 11.5 Å². The molecule has 0 saturated heterocycles. The van der Waals surface area contributed by atoms with Crippen molar-refractivity contribution in [2.75, 3.05) is 13.0 Å². The van der Waals surface area contributed by atoms with Gasteiger partial charge in [0.1, 0.15) is 4.90 Å². The summed E-state index contributed by atoms with van der Waals surface area (Å²) in [6.45, 7) is 3.53. The SMILES string of the molecule is COc1cc2c(c(C(C)C)c1O)C(=O)N(CSc1nnnn1-c1ccccc1)S2(=O)=O. The lowest BCUT2D eigenvalue weighted by Crippen LogP contribution is -2.30. The molecule has 0 atom stereocenters. The Morgan fingerprint density at radius 2 is 1.94 bits per heavy atom. The van der Waals surface area contributed by atoms with Crippen LogP contribution < -0.4 is 4.74 Å². The van der Waals surface area contributed by atoms with Gasteiger partial charge in [0.25, 0.3) is 15.9 Å². The zero-order chi connectivity index (χ0) is 22.3. The van der Waals surface area contributed by atoms with Crippen LogP contribution in [0.5, 0.6) is 11.5 Å². The Bertz CT molecular complexity index is 1260. The Morgan fingerprint density at radius 1 is 1.23 bits per heavy atom. The molecule has 0 radical (unpaired) electrons. The minimum absolute atomic E-state index is 0.00125. The van der Waals surface area contributed by atoms with Crippen molar-refractivity contribution in [1.29, 1.82) is 0 Å². The number of aromatic nitrogens is 4. The predicted molar refractivity (Wildman–Crippen MR) is 112 cm³/mol. The fraction of sp³-hybridized carbons (Fsp3) is 0.263. The summed E-state index contributed by atoms with van der Waals surface area (Å²) in [7, 11) is -2.81. The van der Waals surface area contributed by atoms with Crippen LogP contribution in [0.3, 0.4) is 0 Å². The molecule has 0 unspecified atom stereocenters. The van der Waals surface area contributed by atoms with E-state index in [1.807, 2.05) is 18.2 Å². The molecule has 0 saturated carbocycles. The molecule has 12 heteroatoms.